The minimum absolute atomic E-state index is 0.0625. The molecule has 1 aromatic heterocycles. The van der Waals surface area contributed by atoms with E-state index in [0.29, 0.717) is 24.6 Å². The van der Waals surface area contributed by atoms with Crippen molar-refractivity contribution >= 4 is 11.7 Å². The summed E-state index contributed by atoms with van der Waals surface area (Å²) in [6.45, 7) is 6.59. The first-order valence-corrected chi connectivity index (χ1v) is 8.52. The van der Waals surface area contributed by atoms with Crippen LogP contribution in [0.5, 0.6) is 5.75 Å². The van der Waals surface area contributed by atoms with Gasteiger partial charge in [0.2, 0.25) is 0 Å². The second-order valence-electron chi connectivity index (χ2n) is 6.09. The van der Waals surface area contributed by atoms with Crippen molar-refractivity contribution < 1.29 is 14.1 Å². The standard InChI is InChI=1S/C19H23N3O3/c1-3-12-24-18-10-5-4-8-15(18)20-19(23)22-11-7-6-9-17(22)16-13-14(2)25-21-16/h3-5,8,10,13,17H,1,6-7,9,11-12H2,2H3,(H,20,23). The number of aryl methyl sites for hydroxylation is 1. The third-order valence-corrected chi connectivity index (χ3v) is 4.24. The van der Waals surface area contributed by atoms with E-state index in [1.165, 1.54) is 0 Å². The molecule has 1 atom stereocenters. The number of hydrogen-bond acceptors (Lipinski definition) is 4. The van der Waals surface area contributed by atoms with Crippen LogP contribution in [-0.2, 0) is 0 Å². The fourth-order valence-electron chi connectivity index (χ4n) is 3.06. The molecule has 2 aromatic rings. The number of likely N-dealkylation sites (tertiary alicyclic amines) is 1. The average molecular weight is 341 g/mol. The largest absolute Gasteiger partial charge is 0.487 e. The summed E-state index contributed by atoms with van der Waals surface area (Å²) >= 11 is 0. The van der Waals surface area contributed by atoms with E-state index in [0.717, 1.165) is 30.7 Å². The lowest BCUT2D eigenvalue weighted by Gasteiger charge is -2.34. The molecule has 2 heterocycles. The predicted octanol–water partition coefficient (Wildman–Crippen LogP) is 4.31. The van der Waals surface area contributed by atoms with Gasteiger partial charge in [-0.2, -0.15) is 0 Å². The molecule has 6 heteroatoms. The number of nitrogens with zero attached hydrogens (tertiary/aromatic N) is 2. The van der Waals surface area contributed by atoms with Gasteiger partial charge in [0.15, 0.2) is 0 Å². The van der Waals surface area contributed by atoms with Gasteiger partial charge >= 0.3 is 6.03 Å². The molecule has 2 amide bonds. The van der Waals surface area contributed by atoms with Crippen molar-refractivity contribution in [2.75, 3.05) is 18.5 Å². The van der Waals surface area contributed by atoms with Crippen molar-refractivity contribution in [1.82, 2.24) is 10.1 Å². The van der Waals surface area contributed by atoms with Crippen molar-refractivity contribution in [3.8, 4) is 5.75 Å². The zero-order chi connectivity index (χ0) is 17.6. The highest BCUT2D eigenvalue weighted by Gasteiger charge is 2.30. The van der Waals surface area contributed by atoms with Crippen LogP contribution in [0.15, 0.2) is 47.5 Å². The minimum Gasteiger partial charge on any atom is -0.487 e. The zero-order valence-electron chi connectivity index (χ0n) is 14.4. The van der Waals surface area contributed by atoms with Crippen molar-refractivity contribution in [3.05, 3.63) is 54.4 Å². The van der Waals surface area contributed by atoms with Gasteiger partial charge in [-0.3, -0.25) is 0 Å². The second kappa shape index (κ2) is 7.88. The number of carbonyl (C=O) groups excluding carboxylic acids is 1. The number of ether oxygens (including phenoxy) is 1. The van der Waals surface area contributed by atoms with E-state index < -0.39 is 0 Å². The van der Waals surface area contributed by atoms with Crippen LogP contribution in [0.25, 0.3) is 0 Å². The Kier molecular flexibility index (Phi) is 5.38. The molecule has 6 nitrogen and oxygen atoms in total. The first-order valence-electron chi connectivity index (χ1n) is 8.52. The van der Waals surface area contributed by atoms with Crippen LogP contribution in [0.4, 0.5) is 10.5 Å². The molecule has 3 rings (SSSR count). The van der Waals surface area contributed by atoms with Gasteiger partial charge < -0.3 is 19.5 Å². The maximum atomic E-state index is 12.9. The van der Waals surface area contributed by atoms with Gasteiger partial charge in [0.05, 0.1) is 11.7 Å². The fraction of sp³-hybridized carbons (Fsp3) is 0.368. The van der Waals surface area contributed by atoms with E-state index in [1.54, 1.807) is 6.08 Å². The molecule has 25 heavy (non-hydrogen) atoms. The second-order valence-corrected chi connectivity index (χ2v) is 6.09. The summed E-state index contributed by atoms with van der Waals surface area (Å²) in [5.41, 5.74) is 1.46. The van der Waals surface area contributed by atoms with E-state index in [-0.39, 0.29) is 12.1 Å². The first-order chi connectivity index (χ1) is 12.2. The quantitative estimate of drug-likeness (QED) is 0.823. The van der Waals surface area contributed by atoms with Crippen molar-refractivity contribution in [2.45, 2.75) is 32.2 Å². The highest BCUT2D eigenvalue weighted by Crippen LogP contribution is 2.32. The lowest BCUT2D eigenvalue weighted by atomic mass is 9.99. The number of rotatable bonds is 5. The summed E-state index contributed by atoms with van der Waals surface area (Å²) in [5, 5.41) is 7.07. The lowest BCUT2D eigenvalue weighted by Crippen LogP contribution is -2.41. The maximum Gasteiger partial charge on any atom is 0.322 e. The number of nitrogens with one attached hydrogen (secondary N) is 1. The number of para-hydroxylation sites is 2. The summed E-state index contributed by atoms with van der Waals surface area (Å²) in [6.07, 6.45) is 4.61. The maximum absolute atomic E-state index is 12.9. The smallest absolute Gasteiger partial charge is 0.322 e. The number of anilines is 1. The molecule has 1 saturated heterocycles. The molecule has 0 radical (unpaired) electrons. The molecule has 1 unspecified atom stereocenters. The molecule has 1 aromatic carbocycles. The molecule has 0 bridgehead atoms. The summed E-state index contributed by atoms with van der Waals surface area (Å²) in [4.78, 5) is 14.7. The molecular weight excluding hydrogens is 318 g/mol. The average Bonchev–Trinajstić information content (AvgIpc) is 3.07. The molecule has 132 valence electrons. The molecule has 1 N–H and O–H groups in total. The summed E-state index contributed by atoms with van der Waals surface area (Å²) in [5.74, 6) is 1.38. The number of benzene rings is 1. The SMILES string of the molecule is C=CCOc1ccccc1NC(=O)N1CCCCC1c1cc(C)on1. The predicted molar refractivity (Wildman–Crippen MR) is 95.7 cm³/mol. The Labute approximate surface area is 147 Å². The molecule has 1 fully saturated rings. The Hall–Kier alpha value is -2.76. The molecule has 0 aliphatic carbocycles. The molecule has 0 saturated carbocycles. The number of hydrogen-bond donors (Lipinski definition) is 1. The van der Waals surface area contributed by atoms with Crippen molar-refractivity contribution in [2.24, 2.45) is 0 Å². The molecule has 0 spiro atoms. The third kappa shape index (κ3) is 4.02. The van der Waals surface area contributed by atoms with Crippen molar-refractivity contribution in [1.29, 1.82) is 0 Å². The van der Waals surface area contributed by atoms with Gasteiger partial charge in [-0.05, 0) is 38.3 Å². The molecule has 1 aliphatic rings. The minimum atomic E-state index is -0.153. The van der Waals surface area contributed by atoms with E-state index >= 15 is 0 Å². The topological polar surface area (TPSA) is 67.6 Å². The lowest BCUT2D eigenvalue weighted by molar-refractivity contribution is 0.159. The Balaban J connectivity index is 1.76. The van der Waals surface area contributed by atoms with Crippen LogP contribution in [0.3, 0.4) is 0 Å². The monoisotopic (exact) mass is 341 g/mol. The van der Waals surface area contributed by atoms with Crippen molar-refractivity contribution in [3.63, 3.8) is 0 Å². The van der Waals surface area contributed by atoms with Crippen LogP contribution in [0.2, 0.25) is 0 Å². The van der Waals surface area contributed by atoms with Crippen LogP contribution in [0.1, 0.15) is 36.8 Å². The van der Waals surface area contributed by atoms with E-state index in [9.17, 15) is 4.79 Å². The fourth-order valence-corrected chi connectivity index (χ4v) is 3.06. The molecular formula is C19H23N3O3. The number of piperidine rings is 1. The Morgan fingerprint density at radius 3 is 3.08 bits per heavy atom. The zero-order valence-corrected chi connectivity index (χ0v) is 14.4. The van der Waals surface area contributed by atoms with Gasteiger partial charge in [0, 0.05) is 12.6 Å². The van der Waals surface area contributed by atoms with Crippen LogP contribution in [0, 0.1) is 6.92 Å². The highest BCUT2D eigenvalue weighted by atomic mass is 16.5. The number of urea groups is 1. The first kappa shape index (κ1) is 17.1. The van der Waals surface area contributed by atoms with Gasteiger partial charge in [-0.15, -0.1) is 0 Å². The normalized spacial score (nSPS) is 17.2. The number of amides is 2. The highest BCUT2D eigenvalue weighted by molar-refractivity contribution is 5.91. The summed E-state index contributed by atoms with van der Waals surface area (Å²) in [6, 6.07) is 9.08. The molecule has 1 aliphatic heterocycles. The third-order valence-electron chi connectivity index (χ3n) is 4.24. The number of aromatic nitrogens is 1. The Bertz CT molecular complexity index is 741. The van der Waals surface area contributed by atoms with Gasteiger partial charge in [-0.1, -0.05) is 29.9 Å². The number of carbonyl (C=O) groups is 1. The Morgan fingerprint density at radius 2 is 2.32 bits per heavy atom. The summed E-state index contributed by atoms with van der Waals surface area (Å²) < 4.78 is 10.8. The van der Waals surface area contributed by atoms with Crippen LogP contribution < -0.4 is 10.1 Å². The van der Waals surface area contributed by atoms with Crippen LogP contribution in [-0.4, -0.2) is 29.2 Å². The van der Waals surface area contributed by atoms with Crippen LogP contribution >= 0.6 is 0 Å². The van der Waals surface area contributed by atoms with Gasteiger partial charge in [0.25, 0.3) is 0 Å². The Morgan fingerprint density at radius 1 is 1.48 bits per heavy atom. The van der Waals surface area contributed by atoms with E-state index in [2.05, 4.69) is 17.1 Å². The summed E-state index contributed by atoms with van der Waals surface area (Å²) in [7, 11) is 0. The van der Waals surface area contributed by atoms with Gasteiger partial charge in [0.1, 0.15) is 23.8 Å². The van der Waals surface area contributed by atoms with E-state index in [1.807, 2.05) is 42.2 Å². The van der Waals surface area contributed by atoms with Gasteiger partial charge in [-0.25, -0.2) is 4.79 Å². The van der Waals surface area contributed by atoms with E-state index in [4.69, 9.17) is 9.26 Å².